The van der Waals surface area contributed by atoms with Gasteiger partial charge >= 0.3 is 6.03 Å². The Hall–Kier alpha value is -0.730. The number of nitrogens with zero attached hydrogens (tertiary/aromatic N) is 1. The van der Waals surface area contributed by atoms with Gasteiger partial charge in [0.05, 0.1) is 0 Å². The number of hydrogen-bond acceptors (Lipinski definition) is 1. The molecule has 4 aliphatic rings. The smallest absolute Gasteiger partial charge is 0.317 e. The van der Waals surface area contributed by atoms with Crippen molar-refractivity contribution in [2.24, 2.45) is 23.7 Å². The van der Waals surface area contributed by atoms with E-state index in [-0.39, 0.29) is 6.03 Å². The van der Waals surface area contributed by atoms with Gasteiger partial charge in [-0.1, -0.05) is 0 Å². The summed E-state index contributed by atoms with van der Waals surface area (Å²) in [6.07, 6.45) is 6.71. The topological polar surface area (TPSA) is 32.3 Å². The van der Waals surface area contributed by atoms with E-state index in [1.54, 1.807) is 0 Å². The molecular weight excluding hydrogens is 200 g/mol. The normalized spacial score (nSPS) is 48.2. The lowest BCUT2D eigenvalue weighted by molar-refractivity contribution is 0.206. The van der Waals surface area contributed by atoms with E-state index in [0.717, 1.165) is 36.8 Å². The Labute approximate surface area is 96.6 Å². The number of amides is 2. The molecule has 1 heterocycles. The van der Waals surface area contributed by atoms with Gasteiger partial charge in [0.2, 0.25) is 0 Å². The Morgan fingerprint density at radius 3 is 2.31 bits per heavy atom. The van der Waals surface area contributed by atoms with Crippen LogP contribution in [-0.2, 0) is 0 Å². The molecule has 2 bridgehead atoms. The summed E-state index contributed by atoms with van der Waals surface area (Å²) < 4.78 is 0. The second-order valence-electron chi connectivity index (χ2n) is 6.16. The van der Waals surface area contributed by atoms with Gasteiger partial charge < -0.3 is 10.2 Å². The number of hydrogen-bond donors (Lipinski definition) is 1. The summed E-state index contributed by atoms with van der Waals surface area (Å²) in [7, 11) is 0. The molecule has 4 unspecified atom stereocenters. The van der Waals surface area contributed by atoms with Crippen LogP contribution in [0.25, 0.3) is 0 Å². The molecule has 0 aromatic rings. The summed E-state index contributed by atoms with van der Waals surface area (Å²) in [6.45, 7) is 1.95. The number of nitrogens with one attached hydrogen (secondary N) is 1. The van der Waals surface area contributed by atoms with Gasteiger partial charge in [-0.15, -0.1) is 0 Å². The largest absolute Gasteiger partial charge is 0.335 e. The van der Waals surface area contributed by atoms with Gasteiger partial charge in [0, 0.05) is 19.1 Å². The number of rotatable bonds is 1. The zero-order valence-electron chi connectivity index (χ0n) is 9.69. The van der Waals surface area contributed by atoms with Crippen molar-refractivity contribution in [1.82, 2.24) is 10.2 Å². The van der Waals surface area contributed by atoms with E-state index in [9.17, 15) is 4.79 Å². The maximum absolute atomic E-state index is 12.0. The lowest BCUT2D eigenvalue weighted by Gasteiger charge is -2.18. The molecular formula is C13H20N2O. The molecule has 2 amide bonds. The predicted molar refractivity (Wildman–Crippen MR) is 60.9 cm³/mol. The summed E-state index contributed by atoms with van der Waals surface area (Å²) in [5.74, 6) is 3.65. The Morgan fingerprint density at radius 1 is 1.06 bits per heavy atom. The fraction of sp³-hybridized carbons (Fsp3) is 0.923. The van der Waals surface area contributed by atoms with E-state index in [1.807, 2.05) is 4.90 Å². The monoisotopic (exact) mass is 220 g/mol. The van der Waals surface area contributed by atoms with Gasteiger partial charge in [0.1, 0.15) is 0 Å². The average molecular weight is 220 g/mol. The summed E-state index contributed by atoms with van der Waals surface area (Å²) in [6, 6.07) is 0.774. The summed E-state index contributed by atoms with van der Waals surface area (Å²) in [4.78, 5) is 14.0. The van der Waals surface area contributed by atoms with Crippen molar-refractivity contribution < 1.29 is 4.79 Å². The standard InChI is InChI=1S/C13H20N2O/c16-13(15-5-1-2-6-15)14-12-10-8-3-4-9(7-8)11(10)12/h8-12H,1-7H2,(H,14,16). The van der Waals surface area contributed by atoms with Crippen molar-refractivity contribution in [2.75, 3.05) is 13.1 Å². The second kappa shape index (κ2) is 3.14. The molecule has 0 spiro atoms. The Bertz CT molecular complexity index is 308. The minimum atomic E-state index is 0.219. The summed E-state index contributed by atoms with van der Waals surface area (Å²) in [5, 5.41) is 3.29. The van der Waals surface area contributed by atoms with E-state index in [0.29, 0.717) is 6.04 Å². The van der Waals surface area contributed by atoms with Crippen LogP contribution in [0.3, 0.4) is 0 Å². The van der Waals surface area contributed by atoms with Gasteiger partial charge in [-0.3, -0.25) is 0 Å². The Kier molecular flexibility index (Phi) is 1.83. The molecule has 4 rings (SSSR count). The molecule has 3 heteroatoms. The van der Waals surface area contributed by atoms with Crippen molar-refractivity contribution >= 4 is 6.03 Å². The van der Waals surface area contributed by atoms with Crippen LogP contribution in [0.1, 0.15) is 32.1 Å². The molecule has 4 fully saturated rings. The zero-order chi connectivity index (χ0) is 10.7. The maximum atomic E-state index is 12.0. The molecule has 3 aliphatic carbocycles. The molecule has 16 heavy (non-hydrogen) atoms. The van der Waals surface area contributed by atoms with Gasteiger partial charge in [0.15, 0.2) is 0 Å². The van der Waals surface area contributed by atoms with Crippen molar-refractivity contribution in [2.45, 2.75) is 38.1 Å². The molecule has 1 N–H and O–H groups in total. The van der Waals surface area contributed by atoms with Gasteiger partial charge in [-0.05, 0) is 55.8 Å². The van der Waals surface area contributed by atoms with Gasteiger partial charge in [0.25, 0.3) is 0 Å². The SMILES string of the molecule is O=C(NC1C2C3CCC(C3)C12)N1CCCC1. The molecule has 3 nitrogen and oxygen atoms in total. The van der Waals surface area contributed by atoms with Crippen molar-refractivity contribution in [3.8, 4) is 0 Å². The van der Waals surface area contributed by atoms with Crippen LogP contribution in [0.2, 0.25) is 0 Å². The number of fused-ring (bicyclic) bond motifs is 5. The van der Waals surface area contributed by atoms with Crippen LogP contribution in [-0.4, -0.2) is 30.1 Å². The summed E-state index contributed by atoms with van der Waals surface area (Å²) in [5.41, 5.74) is 0. The van der Waals surface area contributed by atoms with Crippen LogP contribution >= 0.6 is 0 Å². The average Bonchev–Trinajstić information content (AvgIpc) is 2.81. The number of carbonyl (C=O) groups excluding carboxylic acids is 1. The molecule has 0 aromatic heterocycles. The third-order valence-electron chi connectivity index (χ3n) is 5.42. The Morgan fingerprint density at radius 2 is 1.69 bits per heavy atom. The first-order valence-corrected chi connectivity index (χ1v) is 6.90. The first-order chi connectivity index (χ1) is 7.84. The highest BCUT2D eigenvalue weighted by molar-refractivity contribution is 5.75. The fourth-order valence-electron chi connectivity index (χ4n) is 4.67. The zero-order valence-corrected chi connectivity index (χ0v) is 9.69. The minimum absolute atomic E-state index is 0.219. The third-order valence-corrected chi connectivity index (χ3v) is 5.42. The highest BCUT2D eigenvalue weighted by Gasteiger charge is 2.65. The lowest BCUT2D eigenvalue weighted by atomic mass is 10.0. The quantitative estimate of drug-likeness (QED) is 0.718. The molecule has 1 saturated heterocycles. The van der Waals surface area contributed by atoms with Gasteiger partial charge in [-0.25, -0.2) is 4.79 Å². The van der Waals surface area contributed by atoms with Crippen LogP contribution in [0.4, 0.5) is 4.79 Å². The number of urea groups is 1. The molecule has 0 aromatic carbocycles. The molecule has 0 radical (unpaired) electrons. The molecule has 1 aliphatic heterocycles. The van der Waals surface area contributed by atoms with E-state index in [1.165, 1.54) is 32.1 Å². The van der Waals surface area contributed by atoms with Crippen LogP contribution < -0.4 is 5.32 Å². The third kappa shape index (κ3) is 1.17. The van der Waals surface area contributed by atoms with Crippen molar-refractivity contribution in [3.05, 3.63) is 0 Å². The number of carbonyl (C=O) groups is 1. The molecule has 88 valence electrons. The fourth-order valence-corrected chi connectivity index (χ4v) is 4.67. The van der Waals surface area contributed by atoms with Crippen LogP contribution in [0, 0.1) is 23.7 Å². The predicted octanol–water partition coefficient (Wildman–Crippen LogP) is 1.84. The van der Waals surface area contributed by atoms with E-state index in [2.05, 4.69) is 5.32 Å². The summed E-state index contributed by atoms with van der Waals surface area (Å²) >= 11 is 0. The van der Waals surface area contributed by atoms with Crippen molar-refractivity contribution in [3.63, 3.8) is 0 Å². The first kappa shape index (κ1) is 9.32. The van der Waals surface area contributed by atoms with Crippen molar-refractivity contribution in [1.29, 1.82) is 0 Å². The minimum Gasteiger partial charge on any atom is -0.335 e. The van der Waals surface area contributed by atoms with Gasteiger partial charge in [-0.2, -0.15) is 0 Å². The Balaban J connectivity index is 1.38. The first-order valence-electron chi connectivity index (χ1n) is 6.90. The van der Waals surface area contributed by atoms with Crippen LogP contribution in [0.5, 0.6) is 0 Å². The highest BCUT2D eigenvalue weighted by atomic mass is 16.2. The van der Waals surface area contributed by atoms with E-state index >= 15 is 0 Å². The second-order valence-corrected chi connectivity index (χ2v) is 6.16. The molecule has 3 saturated carbocycles. The number of likely N-dealkylation sites (tertiary alicyclic amines) is 1. The maximum Gasteiger partial charge on any atom is 0.317 e. The molecule has 4 atom stereocenters. The lowest BCUT2D eigenvalue weighted by Crippen LogP contribution is -2.40. The van der Waals surface area contributed by atoms with E-state index < -0.39 is 0 Å². The van der Waals surface area contributed by atoms with Crippen LogP contribution in [0.15, 0.2) is 0 Å². The highest BCUT2D eigenvalue weighted by Crippen LogP contribution is 2.65. The van der Waals surface area contributed by atoms with E-state index in [4.69, 9.17) is 0 Å².